The van der Waals surface area contributed by atoms with Gasteiger partial charge in [0.1, 0.15) is 5.52 Å². The Morgan fingerprint density at radius 3 is 3.06 bits per heavy atom. The molecular formula is C10H14N4OS. The Balaban J connectivity index is 2.20. The summed E-state index contributed by atoms with van der Waals surface area (Å²) in [5.74, 6) is 1.37. The molecule has 2 aromatic rings. The topological polar surface area (TPSA) is 59.8 Å². The Morgan fingerprint density at radius 1 is 1.50 bits per heavy atom. The third-order valence-electron chi connectivity index (χ3n) is 2.32. The van der Waals surface area contributed by atoms with Crippen LogP contribution >= 0.6 is 0 Å². The van der Waals surface area contributed by atoms with Crippen molar-refractivity contribution >= 4 is 27.7 Å². The van der Waals surface area contributed by atoms with E-state index in [9.17, 15) is 4.21 Å². The molecule has 0 aliphatic rings. The van der Waals surface area contributed by atoms with E-state index in [0.29, 0.717) is 12.3 Å². The zero-order valence-corrected chi connectivity index (χ0v) is 10.1. The molecule has 1 N–H and O–H groups in total. The number of anilines is 1. The van der Waals surface area contributed by atoms with Crippen molar-refractivity contribution < 1.29 is 4.21 Å². The van der Waals surface area contributed by atoms with Gasteiger partial charge in [-0.05, 0) is 6.07 Å². The summed E-state index contributed by atoms with van der Waals surface area (Å²) < 4.78 is 12.9. The number of fused-ring (bicyclic) bond motifs is 1. The smallest absolute Gasteiger partial charge is 0.154 e. The van der Waals surface area contributed by atoms with Gasteiger partial charge in [-0.15, -0.1) is 0 Å². The Bertz CT molecular complexity index is 523. The van der Waals surface area contributed by atoms with Crippen LogP contribution in [0, 0.1) is 0 Å². The SMILES string of the molecule is Cn1cnc2c(NCCS(C)=O)nccc21. The Hall–Kier alpha value is -1.43. The number of aryl methyl sites for hydroxylation is 1. The Morgan fingerprint density at radius 2 is 2.31 bits per heavy atom. The van der Waals surface area contributed by atoms with E-state index in [2.05, 4.69) is 15.3 Å². The van der Waals surface area contributed by atoms with Crippen molar-refractivity contribution in [2.45, 2.75) is 0 Å². The monoisotopic (exact) mass is 238 g/mol. The van der Waals surface area contributed by atoms with E-state index in [0.717, 1.165) is 16.9 Å². The lowest BCUT2D eigenvalue weighted by atomic mass is 10.4. The molecule has 0 aromatic carbocycles. The quantitative estimate of drug-likeness (QED) is 0.854. The van der Waals surface area contributed by atoms with Crippen molar-refractivity contribution in [2.24, 2.45) is 7.05 Å². The van der Waals surface area contributed by atoms with Crippen LogP contribution in [0.5, 0.6) is 0 Å². The van der Waals surface area contributed by atoms with Crippen LogP contribution in [0.4, 0.5) is 5.82 Å². The highest BCUT2D eigenvalue weighted by molar-refractivity contribution is 7.84. The van der Waals surface area contributed by atoms with E-state index in [4.69, 9.17) is 0 Å². The van der Waals surface area contributed by atoms with E-state index < -0.39 is 10.8 Å². The minimum absolute atomic E-state index is 0.616. The van der Waals surface area contributed by atoms with Gasteiger partial charge in [-0.1, -0.05) is 0 Å². The maximum absolute atomic E-state index is 10.9. The van der Waals surface area contributed by atoms with Gasteiger partial charge < -0.3 is 9.88 Å². The summed E-state index contributed by atoms with van der Waals surface area (Å²) in [7, 11) is 1.16. The molecule has 6 heteroatoms. The number of aromatic nitrogens is 3. The summed E-state index contributed by atoms with van der Waals surface area (Å²) >= 11 is 0. The fourth-order valence-electron chi connectivity index (χ4n) is 1.50. The highest BCUT2D eigenvalue weighted by Crippen LogP contribution is 2.17. The van der Waals surface area contributed by atoms with Gasteiger partial charge in [-0.2, -0.15) is 0 Å². The van der Waals surface area contributed by atoms with Gasteiger partial charge in [0, 0.05) is 42.6 Å². The minimum Gasteiger partial charge on any atom is -0.367 e. The second-order valence-electron chi connectivity index (χ2n) is 3.59. The first-order chi connectivity index (χ1) is 7.68. The minimum atomic E-state index is -0.784. The van der Waals surface area contributed by atoms with Gasteiger partial charge in [-0.3, -0.25) is 4.21 Å². The van der Waals surface area contributed by atoms with E-state index >= 15 is 0 Å². The van der Waals surface area contributed by atoms with Crippen LogP contribution < -0.4 is 5.32 Å². The number of pyridine rings is 1. The highest BCUT2D eigenvalue weighted by Gasteiger charge is 2.05. The van der Waals surface area contributed by atoms with Crippen molar-refractivity contribution in [3.8, 4) is 0 Å². The molecule has 1 atom stereocenters. The number of hydrogen-bond donors (Lipinski definition) is 1. The summed E-state index contributed by atoms with van der Waals surface area (Å²) in [5.41, 5.74) is 1.89. The van der Waals surface area contributed by atoms with Crippen LogP contribution in [0.3, 0.4) is 0 Å². The number of rotatable bonds is 4. The van der Waals surface area contributed by atoms with Crippen LogP contribution in [0.2, 0.25) is 0 Å². The van der Waals surface area contributed by atoms with Gasteiger partial charge in [0.15, 0.2) is 5.82 Å². The molecule has 0 amide bonds. The summed E-state index contributed by atoms with van der Waals surface area (Å²) in [6.45, 7) is 0.645. The first-order valence-electron chi connectivity index (χ1n) is 4.98. The molecule has 0 bridgehead atoms. The molecule has 2 rings (SSSR count). The largest absolute Gasteiger partial charge is 0.367 e. The van der Waals surface area contributed by atoms with Crippen molar-refractivity contribution in [1.29, 1.82) is 0 Å². The number of nitrogens with zero attached hydrogens (tertiary/aromatic N) is 3. The molecule has 2 aromatic heterocycles. The van der Waals surface area contributed by atoms with Crippen molar-refractivity contribution in [3.63, 3.8) is 0 Å². The van der Waals surface area contributed by atoms with Crippen LogP contribution in [0.25, 0.3) is 11.0 Å². The van der Waals surface area contributed by atoms with E-state index in [1.54, 1.807) is 18.8 Å². The molecule has 0 spiro atoms. The van der Waals surface area contributed by atoms with Crippen molar-refractivity contribution in [3.05, 3.63) is 18.6 Å². The fraction of sp³-hybridized carbons (Fsp3) is 0.400. The highest BCUT2D eigenvalue weighted by atomic mass is 32.2. The molecule has 0 saturated carbocycles. The van der Waals surface area contributed by atoms with Crippen LogP contribution in [-0.4, -0.2) is 37.3 Å². The average molecular weight is 238 g/mol. The molecule has 5 nitrogen and oxygen atoms in total. The third kappa shape index (κ3) is 2.21. The van der Waals surface area contributed by atoms with Gasteiger partial charge in [0.25, 0.3) is 0 Å². The Labute approximate surface area is 96.4 Å². The first kappa shape index (κ1) is 11.1. The molecule has 0 aliphatic carbocycles. The summed E-state index contributed by atoms with van der Waals surface area (Å²) in [5, 5.41) is 3.15. The number of nitrogens with one attached hydrogen (secondary N) is 1. The molecule has 0 fully saturated rings. The van der Waals surface area contributed by atoms with Crippen molar-refractivity contribution in [2.75, 3.05) is 23.9 Å². The lowest BCUT2D eigenvalue weighted by Gasteiger charge is -2.04. The molecule has 86 valence electrons. The maximum atomic E-state index is 10.9. The normalized spacial score (nSPS) is 12.9. The molecule has 0 saturated heterocycles. The fourth-order valence-corrected chi connectivity index (χ4v) is 1.89. The molecule has 2 heterocycles. The first-order valence-corrected chi connectivity index (χ1v) is 6.71. The third-order valence-corrected chi connectivity index (χ3v) is 3.10. The van der Waals surface area contributed by atoms with Gasteiger partial charge in [0.05, 0.1) is 11.8 Å². The summed E-state index contributed by atoms with van der Waals surface area (Å²) in [6, 6.07) is 1.92. The molecule has 16 heavy (non-hydrogen) atoms. The second-order valence-corrected chi connectivity index (χ2v) is 5.14. The zero-order valence-electron chi connectivity index (χ0n) is 9.30. The lowest BCUT2D eigenvalue weighted by molar-refractivity contribution is 0.687. The second kappa shape index (κ2) is 4.61. The summed E-state index contributed by atoms with van der Waals surface area (Å²) in [4.78, 5) is 8.51. The van der Waals surface area contributed by atoms with E-state index in [1.165, 1.54) is 0 Å². The summed E-state index contributed by atoms with van der Waals surface area (Å²) in [6.07, 6.45) is 5.20. The average Bonchev–Trinajstić information content (AvgIpc) is 2.61. The van der Waals surface area contributed by atoms with Gasteiger partial charge >= 0.3 is 0 Å². The van der Waals surface area contributed by atoms with Crippen molar-refractivity contribution in [1.82, 2.24) is 14.5 Å². The maximum Gasteiger partial charge on any atom is 0.154 e. The number of imidazole rings is 1. The van der Waals surface area contributed by atoms with Gasteiger partial charge in [-0.25, -0.2) is 9.97 Å². The molecular weight excluding hydrogens is 224 g/mol. The van der Waals surface area contributed by atoms with E-state index in [1.807, 2.05) is 17.7 Å². The molecule has 1 unspecified atom stereocenters. The molecule has 0 aliphatic heterocycles. The standard InChI is InChI=1S/C10H14N4OS/c1-14-7-13-9-8(14)3-4-11-10(9)12-5-6-16(2)15/h3-4,7H,5-6H2,1-2H3,(H,11,12). The zero-order chi connectivity index (χ0) is 11.5. The Kier molecular flexibility index (Phi) is 3.19. The number of hydrogen-bond acceptors (Lipinski definition) is 4. The molecule has 0 radical (unpaired) electrons. The predicted molar refractivity (Wildman–Crippen MR) is 65.9 cm³/mol. The van der Waals surface area contributed by atoms with Crippen LogP contribution in [-0.2, 0) is 17.8 Å². The lowest BCUT2D eigenvalue weighted by Crippen LogP contribution is -2.11. The predicted octanol–water partition coefficient (Wildman–Crippen LogP) is 0.759. The van der Waals surface area contributed by atoms with Gasteiger partial charge in [0.2, 0.25) is 0 Å². The van der Waals surface area contributed by atoms with E-state index in [-0.39, 0.29) is 0 Å². The van der Waals surface area contributed by atoms with Crippen LogP contribution in [0.1, 0.15) is 0 Å². The van der Waals surface area contributed by atoms with Crippen LogP contribution in [0.15, 0.2) is 18.6 Å².